The van der Waals surface area contributed by atoms with E-state index in [4.69, 9.17) is 17.3 Å². The van der Waals surface area contributed by atoms with Crippen molar-refractivity contribution in [2.45, 2.75) is 12.6 Å². The number of nitrogens with two attached hydrogens (primary N) is 1. The minimum Gasteiger partial charge on any atom is -0.395 e. The number of carbonyl (C=O) groups is 1. The summed E-state index contributed by atoms with van der Waals surface area (Å²) < 4.78 is 29.0. The summed E-state index contributed by atoms with van der Waals surface area (Å²) in [6, 6.07) is 5.11. The van der Waals surface area contributed by atoms with E-state index in [1.165, 1.54) is 6.20 Å². The second kappa shape index (κ2) is 5.90. The Kier molecular flexibility index (Phi) is 3.57. The SMILES string of the molecule is Nc1c(F)c(Cl)c(-c2ccn3nc(NC(=O)[C@@H]4C[C@@H]4F)cc3c2)c2cn[nH]c12. The highest BCUT2D eigenvalue weighted by Crippen LogP contribution is 2.40. The second-order valence-electron chi connectivity index (χ2n) is 6.74. The van der Waals surface area contributed by atoms with E-state index >= 15 is 0 Å². The van der Waals surface area contributed by atoms with Crippen LogP contribution in [0.1, 0.15) is 6.42 Å². The van der Waals surface area contributed by atoms with Crippen LogP contribution < -0.4 is 11.1 Å². The van der Waals surface area contributed by atoms with Gasteiger partial charge in [-0.25, -0.2) is 13.3 Å². The molecule has 1 aromatic carbocycles. The number of hydrogen-bond donors (Lipinski definition) is 3. The van der Waals surface area contributed by atoms with Crippen molar-refractivity contribution in [2.75, 3.05) is 11.1 Å². The van der Waals surface area contributed by atoms with Crippen LogP contribution in [0.3, 0.4) is 0 Å². The van der Waals surface area contributed by atoms with Crippen molar-refractivity contribution in [2.24, 2.45) is 5.92 Å². The summed E-state index contributed by atoms with van der Waals surface area (Å²) >= 11 is 6.24. The van der Waals surface area contributed by atoms with Gasteiger partial charge in [0, 0.05) is 23.2 Å². The molecule has 1 aliphatic carbocycles. The van der Waals surface area contributed by atoms with Crippen molar-refractivity contribution in [1.29, 1.82) is 0 Å². The first kappa shape index (κ1) is 16.9. The molecule has 0 aliphatic heterocycles. The number of hydrogen-bond acceptors (Lipinski definition) is 4. The summed E-state index contributed by atoms with van der Waals surface area (Å²) in [5, 5.41) is 13.9. The van der Waals surface area contributed by atoms with Crippen molar-refractivity contribution in [1.82, 2.24) is 19.8 Å². The topological polar surface area (TPSA) is 101 Å². The molecule has 10 heteroatoms. The van der Waals surface area contributed by atoms with Gasteiger partial charge in [0.15, 0.2) is 11.6 Å². The lowest BCUT2D eigenvalue weighted by molar-refractivity contribution is -0.117. The minimum atomic E-state index is -1.08. The predicted molar refractivity (Wildman–Crippen MR) is 101 cm³/mol. The molecule has 1 fully saturated rings. The Morgan fingerprint density at radius 1 is 1.43 bits per heavy atom. The fourth-order valence-electron chi connectivity index (χ4n) is 3.28. The number of fused-ring (bicyclic) bond motifs is 2. The molecule has 0 spiro atoms. The highest BCUT2D eigenvalue weighted by Gasteiger charge is 2.43. The largest absolute Gasteiger partial charge is 0.395 e. The van der Waals surface area contributed by atoms with E-state index in [2.05, 4.69) is 20.6 Å². The standard InChI is InChI=1S/C18H13ClF2N6O/c19-14-13(10-6-23-25-17(10)16(22)15(14)21)7-1-2-27-8(3-7)4-12(26-27)24-18(28)9-5-11(9)20/h1-4,6,9,11H,5,22H2,(H,23,25)(H,24,26,28)/t9-,11+/m1/s1. The van der Waals surface area contributed by atoms with Gasteiger partial charge in [-0.05, 0) is 24.1 Å². The van der Waals surface area contributed by atoms with E-state index in [0.29, 0.717) is 33.4 Å². The maximum Gasteiger partial charge on any atom is 0.231 e. The van der Waals surface area contributed by atoms with Crippen LogP contribution >= 0.6 is 11.6 Å². The molecule has 4 N–H and O–H groups in total. The number of nitrogen functional groups attached to an aromatic ring is 1. The van der Waals surface area contributed by atoms with Gasteiger partial charge >= 0.3 is 0 Å². The lowest BCUT2D eigenvalue weighted by Crippen LogP contribution is -2.15. The van der Waals surface area contributed by atoms with E-state index in [-0.39, 0.29) is 23.0 Å². The molecule has 142 valence electrons. The van der Waals surface area contributed by atoms with Crippen molar-refractivity contribution in [3.8, 4) is 11.1 Å². The zero-order valence-corrected chi connectivity index (χ0v) is 15.0. The molecular formula is C18H13ClF2N6O. The molecule has 7 nitrogen and oxygen atoms in total. The number of carbonyl (C=O) groups excluding carboxylic acids is 1. The van der Waals surface area contributed by atoms with Gasteiger partial charge in [0.25, 0.3) is 0 Å². The third-order valence-electron chi connectivity index (χ3n) is 4.88. The molecule has 1 saturated carbocycles. The Labute approximate surface area is 161 Å². The van der Waals surface area contributed by atoms with Crippen LogP contribution in [0.4, 0.5) is 20.3 Å². The van der Waals surface area contributed by atoms with Gasteiger partial charge in [-0.2, -0.15) is 10.2 Å². The molecule has 3 heterocycles. The summed E-state index contributed by atoms with van der Waals surface area (Å²) in [4.78, 5) is 11.9. The molecule has 1 aliphatic rings. The fourth-order valence-corrected chi connectivity index (χ4v) is 3.60. The molecule has 1 amide bonds. The van der Waals surface area contributed by atoms with E-state index < -0.39 is 17.9 Å². The zero-order chi connectivity index (χ0) is 19.6. The Morgan fingerprint density at radius 3 is 2.96 bits per heavy atom. The van der Waals surface area contributed by atoms with Crippen LogP contribution in [0.25, 0.3) is 27.5 Å². The normalized spacial score (nSPS) is 18.7. The van der Waals surface area contributed by atoms with Gasteiger partial charge in [-0.15, -0.1) is 0 Å². The lowest BCUT2D eigenvalue weighted by Gasteiger charge is -2.10. The van der Waals surface area contributed by atoms with Crippen LogP contribution in [-0.4, -0.2) is 31.9 Å². The fraction of sp³-hybridized carbons (Fsp3) is 0.167. The Hall–Kier alpha value is -3.20. The monoisotopic (exact) mass is 402 g/mol. The maximum atomic E-state index is 14.5. The van der Waals surface area contributed by atoms with E-state index in [1.807, 2.05) is 0 Å². The zero-order valence-electron chi connectivity index (χ0n) is 14.2. The molecule has 0 radical (unpaired) electrons. The van der Waals surface area contributed by atoms with Gasteiger partial charge in [0.2, 0.25) is 5.91 Å². The highest BCUT2D eigenvalue weighted by molar-refractivity contribution is 6.36. The summed E-state index contributed by atoms with van der Waals surface area (Å²) in [5.74, 6) is -1.41. The van der Waals surface area contributed by atoms with Gasteiger partial charge in [-0.1, -0.05) is 11.6 Å². The van der Waals surface area contributed by atoms with Crippen molar-refractivity contribution in [3.63, 3.8) is 0 Å². The average Bonchev–Trinajstić information content (AvgIpc) is 3.06. The first-order valence-corrected chi connectivity index (χ1v) is 8.86. The van der Waals surface area contributed by atoms with Crippen molar-refractivity contribution >= 4 is 45.4 Å². The van der Waals surface area contributed by atoms with Crippen LogP contribution in [-0.2, 0) is 4.79 Å². The Balaban J connectivity index is 1.58. The number of rotatable bonds is 3. The van der Waals surface area contributed by atoms with Crippen LogP contribution in [0.15, 0.2) is 30.6 Å². The number of aromatic nitrogens is 4. The molecule has 2 atom stereocenters. The number of benzene rings is 1. The molecule has 0 saturated heterocycles. The number of nitrogens with one attached hydrogen (secondary N) is 2. The quantitative estimate of drug-likeness (QED) is 0.456. The first-order chi connectivity index (χ1) is 13.4. The third-order valence-corrected chi connectivity index (χ3v) is 5.23. The number of halogens is 3. The molecule has 0 bridgehead atoms. The number of alkyl halides is 1. The number of H-pyrrole nitrogens is 1. The van der Waals surface area contributed by atoms with E-state index in [1.54, 1.807) is 28.9 Å². The summed E-state index contributed by atoms with van der Waals surface area (Å²) in [6.45, 7) is 0. The molecule has 3 aromatic heterocycles. The maximum absolute atomic E-state index is 14.5. The minimum absolute atomic E-state index is 0.0945. The van der Waals surface area contributed by atoms with Gasteiger partial charge in [0.1, 0.15) is 6.17 Å². The van der Waals surface area contributed by atoms with Crippen LogP contribution in [0.2, 0.25) is 5.02 Å². The van der Waals surface area contributed by atoms with E-state index in [0.717, 1.165) is 0 Å². The van der Waals surface area contributed by atoms with Gasteiger partial charge in [-0.3, -0.25) is 9.89 Å². The number of anilines is 2. The lowest BCUT2D eigenvalue weighted by atomic mass is 10.0. The smallest absolute Gasteiger partial charge is 0.231 e. The Morgan fingerprint density at radius 2 is 2.21 bits per heavy atom. The Bertz CT molecular complexity index is 1270. The number of pyridine rings is 1. The predicted octanol–water partition coefficient (Wildman–Crippen LogP) is 3.55. The number of nitrogens with zero attached hydrogens (tertiary/aromatic N) is 3. The van der Waals surface area contributed by atoms with Crippen LogP contribution in [0, 0.1) is 11.7 Å². The summed E-state index contributed by atoms with van der Waals surface area (Å²) in [5.41, 5.74) is 7.77. The molecule has 4 aromatic rings. The molecule has 0 unspecified atom stereocenters. The molecular weight excluding hydrogens is 390 g/mol. The number of aromatic amines is 1. The number of amides is 1. The van der Waals surface area contributed by atoms with Crippen molar-refractivity contribution in [3.05, 3.63) is 41.4 Å². The molecule has 5 rings (SSSR count). The second-order valence-corrected chi connectivity index (χ2v) is 7.12. The van der Waals surface area contributed by atoms with Gasteiger partial charge < -0.3 is 11.1 Å². The third kappa shape index (κ3) is 2.50. The van der Waals surface area contributed by atoms with E-state index in [9.17, 15) is 13.6 Å². The first-order valence-electron chi connectivity index (χ1n) is 8.48. The summed E-state index contributed by atoms with van der Waals surface area (Å²) in [7, 11) is 0. The highest BCUT2D eigenvalue weighted by atomic mass is 35.5. The molecule has 28 heavy (non-hydrogen) atoms. The average molecular weight is 403 g/mol. The van der Waals surface area contributed by atoms with Crippen LogP contribution in [0.5, 0.6) is 0 Å². The summed E-state index contributed by atoms with van der Waals surface area (Å²) in [6.07, 6.45) is 2.35. The van der Waals surface area contributed by atoms with Gasteiger partial charge in [0.05, 0.1) is 33.9 Å². The van der Waals surface area contributed by atoms with Crippen molar-refractivity contribution < 1.29 is 13.6 Å².